The van der Waals surface area contributed by atoms with Gasteiger partial charge in [0.25, 0.3) is 5.91 Å². The number of phenols is 2. The number of aromatic hydroxyl groups is 2. The van der Waals surface area contributed by atoms with E-state index >= 15 is 0 Å². The Morgan fingerprint density at radius 1 is 0.941 bits per heavy atom. The van der Waals surface area contributed by atoms with Gasteiger partial charge in [0.1, 0.15) is 35.0 Å². The third kappa shape index (κ3) is 9.01. The molecule has 23 heteroatoms. The summed E-state index contributed by atoms with van der Waals surface area (Å²) in [5.41, 5.74) is -4.10. The van der Waals surface area contributed by atoms with Gasteiger partial charge in [-0.05, 0) is 19.4 Å². The molecule has 68 heavy (non-hydrogen) atoms. The fourth-order valence-corrected chi connectivity index (χ4v) is 10.0. The molecule has 2 aromatic rings. The molecule has 0 bridgehead atoms. The first-order chi connectivity index (χ1) is 32.5. The number of aliphatic hydroxyl groups is 1. The second kappa shape index (κ2) is 19.5. The van der Waals surface area contributed by atoms with Crippen molar-refractivity contribution in [2.75, 3.05) is 47.0 Å². The molecule has 366 valence electrons. The van der Waals surface area contributed by atoms with E-state index in [1.165, 1.54) is 32.4 Å². The highest BCUT2D eigenvalue weighted by molar-refractivity contribution is 6.31. The van der Waals surface area contributed by atoms with Crippen LogP contribution >= 0.6 is 0 Å². The maximum atomic E-state index is 14.2. The Balaban J connectivity index is 1.01. The molecule has 2 aliphatic carbocycles. The molecule has 9 atom stereocenters. The lowest BCUT2D eigenvalue weighted by Crippen LogP contribution is -2.55. The number of amides is 5. The van der Waals surface area contributed by atoms with Gasteiger partial charge in [0.05, 0.1) is 42.6 Å². The van der Waals surface area contributed by atoms with Gasteiger partial charge in [0.15, 0.2) is 24.6 Å². The summed E-state index contributed by atoms with van der Waals surface area (Å²) in [4.78, 5) is 107. The maximum Gasteiger partial charge on any atom is 0.303 e. The van der Waals surface area contributed by atoms with Crippen LogP contribution in [0.5, 0.6) is 17.2 Å². The quantitative estimate of drug-likeness (QED) is 0.0529. The average molecular weight is 952 g/mol. The zero-order valence-corrected chi connectivity index (χ0v) is 37.4. The molecular formula is C45H53N5O18. The largest absolute Gasteiger partial charge is 0.507 e. The number of rotatable bonds is 16. The SMILES string of the molecule is COc1cccc2c1C(=O)c1c(O)c3c(c(O)c1C2=O)CC(O)(C(=O)NCCNC(=O)[C@H](CCC(=O)O)NC(=O)CCN1C(=O)CCC1=O)C[C@@H]3O[C@H]1C[C@H]2[C@H](O[C@@H]3[C@@H](OC)OCCN32)[C@H](C)O1. The molecular weight excluding hydrogens is 899 g/mol. The number of ether oxygens (including phenoxy) is 6. The smallest absolute Gasteiger partial charge is 0.303 e. The number of aliphatic carboxylic acids is 1. The van der Waals surface area contributed by atoms with Gasteiger partial charge in [-0.15, -0.1) is 0 Å². The molecule has 4 saturated heterocycles. The molecule has 6 aliphatic rings. The average Bonchev–Trinajstić information content (AvgIpc) is 3.86. The molecule has 5 amide bonds. The highest BCUT2D eigenvalue weighted by Gasteiger charge is 2.55. The first-order valence-corrected chi connectivity index (χ1v) is 22.3. The predicted molar refractivity (Wildman–Crippen MR) is 227 cm³/mol. The van der Waals surface area contributed by atoms with E-state index < -0.39 is 138 Å². The number of benzene rings is 2. The van der Waals surface area contributed by atoms with Gasteiger partial charge in [0.2, 0.25) is 29.4 Å². The number of nitrogens with one attached hydrogen (secondary N) is 3. The van der Waals surface area contributed by atoms with Crippen LogP contribution in [0.2, 0.25) is 0 Å². The topological polar surface area (TPSA) is 315 Å². The van der Waals surface area contributed by atoms with Crippen molar-refractivity contribution in [1.29, 1.82) is 0 Å². The van der Waals surface area contributed by atoms with E-state index in [1.807, 2.05) is 0 Å². The maximum absolute atomic E-state index is 14.2. The number of phenolic OH excluding ortho intramolecular Hbond substituents is 2. The fourth-order valence-electron chi connectivity index (χ4n) is 10.0. The van der Waals surface area contributed by atoms with Crippen molar-refractivity contribution in [3.05, 3.63) is 51.6 Å². The number of hydrogen-bond acceptors (Lipinski definition) is 18. The molecule has 8 rings (SSSR count). The van der Waals surface area contributed by atoms with Crippen LogP contribution in [0.1, 0.15) is 101 Å². The lowest BCUT2D eigenvalue weighted by atomic mass is 9.72. The number of carboxylic acid groups (broad SMARTS) is 1. The number of carboxylic acids is 1. The van der Waals surface area contributed by atoms with Crippen molar-refractivity contribution >= 4 is 47.1 Å². The van der Waals surface area contributed by atoms with Crippen LogP contribution in [-0.2, 0) is 58.9 Å². The van der Waals surface area contributed by atoms with Crippen molar-refractivity contribution in [1.82, 2.24) is 25.8 Å². The Hall–Kier alpha value is -6.08. The zero-order valence-electron chi connectivity index (χ0n) is 37.4. The Kier molecular flexibility index (Phi) is 13.9. The van der Waals surface area contributed by atoms with Crippen molar-refractivity contribution in [2.45, 2.75) is 113 Å². The van der Waals surface area contributed by atoms with Gasteiger partial charge in [-0.2, -0.15) is 0 Å². The summed E-state index contributed by atoms with van der Waals surface area (Å²) in [5, 5.41) is 53.1. The van der Waals surface area contributed by atoms with E-state index in [0.29, 0.717) is 13.2 Å². The van der Waals surface area contributed by atoms with Gasteiger partial charge in [-0.3, -0.25) is 48.2 Å². The molecule has 4 heterocycles. The van der Waals surface area contributed by atoms with Gasteiger partial charge >= 0.3 is 5.97 Å². The monoisotopic (exact) mass is 951 g/mol. The molecule has 4 aliphatic heterocycles. The van der Waals surface area contributed by atoms with Crippen LogP contribution in [0.3, 0.4) is 0 Å². The third-order valence-corrected chi connectivity index (χ3v) is 13.3. The summed E-state index contributed by atoms with van der Waals surface area (Å²) in [5.74, 6) is -7.68. The number of morpholine rings is 1. The van der Waals surface area contributed by atoms with Gasteiger partial charge in [-0.1, -0.05) is 12.1 Å². The van der Waals surface area contributed by atoms with Crippen molar-refractivity contribution in [3.63, 3.8) is 0 Å². The number of hydrogen-bond donors (Lipinski definition) is 7. The predicted octanol–water partition coefficient (Wildman–Crippen LogP) is -0.729. The van der Waals surface area contributed by atoms with Crippen molar-refractivity contribution in [3.8, 4) is 17.2 Å². The minimum absolute atomic E-state index is 0.0283. The number of fused-ring (bicyclic) bond motifs is 6. The first kappa shape index (κ1) is 48.4. The van der Waals surface area contributed by atoms with Crippen molar-refractivity contribution < 1.29 is 87.2 Å². The van der Waals surface area contributed by atoms with Crippen LogP contribution in [0.4, 0.5) is 0 Å². The minimum Gasteiger partial charge on any atom is -0.507 e. The third-order valence-electron chi connectivity index (χ3n) is 13.3. The molecule has 1 unspecified atom stereocenters. The number of carbonyl (C=O) groups excluding carboxylic acids is 7. The molecule has 0 saturated carbocycles. The summed E-state index contributed by atoms with van der Waals surface area (Å²) in [7, 11) is 2.81. The normalized spacial score (nSPS) is 27.9. The second-order valence-electron chi connectivity index (χ2n) is 17.5. The summed E-state index contributed by atoms with van der Waals surface area (Å²) < 4.78 is 35.8. The Bertz CT molecular complexity index is 2410. The standard InChI is InChI=1S/C45H53N5O18/c1-20-40-24(49-15-16-65-43(64-3)42(49)68-40)17-31(66-20)67-26-19-45(62,18-22-33(26)39(59)35-34(37(22)57)36(56)21-5-4-6-25(63-2)32(21)38(35)58)44(61)47-13-12-46-41(60)23(7-10-30(54)55)48-27(51)11-14-50-28(52)8-9-29(50)53/h4-6,20,23-24,26,31,40,42-43,57,59,62H,7-19H2,1-3H3,(H,46,60)(H,47,61)(H,48,51)(H,54,55)/t20-,23-,24-,26-,31-,40+,42+,43-,45?/m0/s1. The van der Waals surface area contributed by atoms with E-state index in [2.05, 4.69) is 20.9 Å². The highest BCUT2D eigenvalue weighted by Crippen LogP contribution is 2.53. The minimum atomic E-state index is -2.42. The van der Waals surface area contributed by atoms with Crippen LogP contribution in [-0.4, -0.2) is 173 Å². The van der Waals surface area contributed by atoms with E-state index in [9.17, 15) is 58.8 Å². The van der Waals surface area contributed by atoms with Crippen LogP contribution < -0.4 is 20.7 Å². The second-order valence-corrected chi connectivity index (χ2v) is 17.5. The molecule has 0 spiro atoms. The van der Waals surface area contributed by atoms with Crippen LogP contribution in [0.25, 0.3) is 0 Å². The fraction of sp³-hybridized carbons (Fsp3) is 0.556. The number of ketones is 2. The molecule has 0 aromatic heterocycles. The Labute approximate surface area is 388 Å². The molecule has 2 aromatic carbocycles. The molecule has 7 N–H and O–H groups in total. The van der Waals surface area contributed by atoms with E-state index in [4.69, 9.17) is 28.4 Å². The van der Waals surface area contributed by atoms with E-state index in [0.717, 1.165) is 4.90 Å². The Morgan fingerprint density at radius 3 is 2.37 bits per heavy atom. The molecule has 23 nitrogen and oxygen atoms in total. The van der Waals surface area contributed by atoms with Gasteiger partial charge in [0, 0.05) is 101 Å². The van der Waals surface area contributed by atoms with E-state index in [-0.39, 0.29) is 85.8 Å². The number of carbonyl (C=O) groups is 8. The van der Waals surface area contributed by atoms with E-state index in [1.54, 1.807) is 6.92 Å². The highest BCUT2D eigenvalue weighted by atomic mass is 16.7. The molecule has 4 fully saturated rings. The zero-order chi connectivity index (χ0) is 48.8. The summed E-state index contributed by atoms with van der Waals surface area (Å²) in [6.07, 6.45) is -6.83. The van der Waals surface area contributed by atoms with Crippen LogP contribution in [0.15, 0.2) is 18.2 Å². The summed E-state index contributed by atoms with van der Waals surface area (Å²) in [6, 6.07) is 2.71. The lowest BCUT2D eigenvalue weighted by Gasteiger charge is -2.43. The number of nitrogens with zero attached hydrogens (tertiary/aromatic N) is 2. The van der Waals surface area contributed by atoms with Crippen LogP contribution in [0, 0.1) is 0 Å². The summed E-state index contributed by atoms with van der Waals surface area (Å²) >= 11 is 0. The number of likely N-dealkylation sites (tertiary alicyclic amines) is 1. The first-order valence-electron chi connectivity index (χ1n) is 22.3. The number of methoxy groups -OCH3 is 2. The lowest BCUT2D eigenvalue weighted by molar-refractivity contribution is -0.256. The Morgan fingerprint density at radius 2 is 1.66 bits per heavy atom. The van der Waals surface area contributed by atoms with Crippen molar-refractivity contribution in [2.24, 2.45) is 0 Å². The van der Waals surface area contributed by atoms with Gasteiger partial charge < -0.3 is 64.8 Å². The van der Waals surface area contributed by atoms with Gasteiger partial charge in [-0.25, -0.2) is 0 Å². The molecule has 0 radical (unpaired) electrons. The number of imide groups is 1. The summed E-state index contributed by atoms with van der Waals surface area (Å²) in [6.45, 7) is 1.83.